The fourth-order valence-corrected chi connectivity index (χ4v) is 9.40. The second-order valence-electron chi connectivity index (χ2n) is 15.6. The molecule has 0 saturated carbocycles. The zero-order valence-corrected chi connectivity index (χ0v) is 38.0. The summed E-state index contributed by atoms with van der Waals surface area (Å²) in [6.45, 7) is 1.51. The second-order valence-corrected chi connectivity index (χ2v) is 17.4. The van der Waals surface area contributed by atoms with Crippen LogP contribution in [0.1, 0.15) is 53.1 Å². The van der Waals surface area contributed by atoms with Crippen molar-refractivity contribution in [2.24, 2.45) is 5.11 Å². The molecule has 7 rings (SSSR count). The number of azide groups is 1. The lowest BCUT2D eigenvalue weighted by Gasteiger charge is -2.37. The molecule has 4 heterocycles. The number of nitrogens with zero attached hydrogens (tertiary/aromatic N) is 5. The molecule has 67 heavy (non-hydrogen) atoms. The van der Waals surface area contributed by atoms with Gasteiger partial charge in [-0.1, -0.05) is 59.7 Å². The van der Waals surface area contributed by atoms with Gasteiger partial charge >= 0.3 is 25.1 Å². The average Bonchev–Trinajstić information content (AvgIpc) is 3.93. The number of esters is 1. The van der Waals surface area contributed by atoms with E-state index in [1.807, 2.05) is 54.6 Å². The van der Waals surface area contributed by atoms with E-state index in [0.717, 1.165) is 11.7 Å². The van der Waals surface area contributed by atoms with Crippen LogP contribution in [-0.2, 0) is 43.0 Å². The summed E-state index contributed by atoms with van der Waals surface area (Å²) in [6, 6.07) is 23.0. The summed E-state index contributed by atoms with van der Waals surface area (Å²) < 4.78 is 65.1. The van der Waals surface area contributed by atoms with E-state index < -0.39 is 91.8 Å². The summed E-state index contributed by atoms with van der Waals surface area (Å²) in [6.07, 6.45) is -3.18. The standard InChI is InChI=1S/C44H49N8O14P/c1-26-22-51(42(56)47-40(26)54)37-19-33(49-50-45)35(64-37)25-63-67(58,46-21-39(53)61-5)66-34-20-38(52-23-27(2)41(55)48-43(52)57)65-36(34)24-62-44(28-9-7-6-8-10-28,29-11-15-31(59-3)16-12-29)30-13-17-32(60-4)18-14-30/h6-18,22-23,33-38H,19-21,24-25H2,1-5H3,(H,46,58)(H,47,54,56)(H,48,55,57)/t33-,34-,35+,36+,37+,38+,67?/m0/s1. The molecule has 2 aliphatic heterocycles. The molecule has 354 valence electrons. The SMILES string of the molecule is COC(=O)CNP(=O)(OC[C@H]1O[C@@H](n2cc(C)c(=O)[nH]c2=O)C[C@@H]1N=[N+]=[N-])O[C@H]1C[C@H](n2cc(C)c(=O)[nH]c2=O)O[C@@H]1COC(c1ccccc1)(c1ccc(OC)cc1)c1ccc(OC)cc1. The van der Waals surface area contributed by atoms with Gasteiger partial charge in [0.25, 0.3) is 11.1 Å². The Bertz CT molecular complexity index is 2830. The summed E-state index contributed by atoms with van der Waals surface area (Å²) in [4.78, 5) is 70.5. The number of methoxy groups -OCH3 is 3. The fourth-order valence-electron chi connectivity index (χ4n) is 7.93. The van der Waals surface area contributed by atoms with Crippen molar-refractivity contribution in [2.45, 2.75) is 69.1 Å². The Hall–Kier alpha value is -6.61. The highest BCUT2D eigenvalue weighted by atomic mass is 31.2. The molecule has 0 aliphatic carbocycles. The summed E-state index contributed by atoms with van der Waals surface area (Å²) in [5.74, 6) is 0.363. The number of hydrogen-bond donors (Lipinski definition) is 3. The Morgan fingerprint density at radius 2 is 1.31 bits per heavy atom. The Morgan fingerprint density at radius 3 is 1.84 bits per heavy atom. The predicted octanol–water partition coefficient (Wildman–Crippen LogP) is 4.26. The molecular weight excluding hydrogens is 895 g/mol. The number of carbonyl (C=O) groups excluding carboxylic acids is 1. The highest BCUT2D eigenvalue weighted by Gasteiger charge is 2.47. The van der Waals surface area contributed by atoms with Crippen LogP contribution < -0.4 is 37.1 Å². The molecular formula is C44H49N8O14P. The van der Waals surface area contributed by atoms with Crippen LogP contribution in [0.3, 0.4) is 0 Å². The molecule has 1 unspecified atom stereocenters. The summed E-state index contributed by atoms with van der Waals surface area (Å²) >= 11 is 0. The third-order valence-electron chi connectivity index (χ3n) is 11.5. The van der Waals surface area contributed by atoms with Crippen molar-refractivity contribution >= 4 is 13.7 Å². The lowest BCUT2D eigenvalue weighted by Crippen LogP contribution is -2.39. The quantitative estimate of drug-likeness (QED) is 0.0261. The highest BCUT2D eigenvalue weighted by Crippen LogP contribution is 2.50. The van der Waals surface area contributed by atoms with Gasteiger partial charge in [-0.2, -0.15) is 0 Å². The van der Waals surface area contributed by atoms with Crippen molar-refractivity contribution < 1.29 is 46.8 Å². The van der Waals surface area contributed by atoms with E-state index in [9.17, 15) is 34.1 Å². The molecule has 22 nitrogen and oxygen atoms in total. The summed E-state index contributed by atoms with van der Waals surface area (Å²) in [7, 11) is -0.441. The smallest absolute Gasteiger partial charge is 0.406 e. The number of ether oxygens (including phenoxy) is 6. The highest BCUT2D eigenvalue weighted by molar-refractivity contribution is 7.51. The van der Waals surface area contributed by atoms with Gasteiger partial charge in [0.05, 0.1) is 46.7 Å². The Labute approximate surface area is 381 Å². The van der Waals surface area contributed by atoms with Crippen LogP contribution in [0.5, 0.6) is 11.5 Å². The molecule has 0 amide bonds. The number of nitrogens with one attached hydrogen (secondary N) is 3. The van der Waals surface area contributed by atoms with Crippen LogP contribution >= 0.6 is 7.75 Å². The molecule has 0 spiro atoms. The maximum absolute atomic E-state index is 15.0. The molecule has 7 atom stereocenters. The first-order valence-corrected chi connectivity index (χ1v) is 22.5. The van der Waals surface area contributed by atoms with Crippen molar-refractivity contribution in [3.05, 3.63) is 171 Å². The van der Waals surface area contributed by atoms with Crippen LogP contribution in [0.4, 0.5) is 0 Å². The van der Waals surface area contributed by atoms with Crippen LogP contribution in [0.15, 0.2) is 116 Å². The van der Waals surface area contributed by atoms with E-state index in [-0.39, 0.29) is 30.6 Å². The zero-order chi connectivity index (χ0) is 47.9. The Kier molecular flexibility index (Phi) is 15.1. The van der Waals surface area contributed by atoms with Gasteiger partial charge in [0.2, 0.25) is 0 Å². The Morgan fingerprint density at radius 1 is 0.791 bits per heavy atom. The topological polar surface area (TPSA) is 278 Å². The number of rotatable bonds is 19. The minimum absolute atomic E-state index is 0.0271. The molecule has 3 aromatic carbocycles. The van der Waals surface area contributed by atoms with Crippen LogP contribution in [0, 0.1) is 13.8 Å². The van der Waals surface area contributed by atoms with E-state index in [1.165, 1.54) is 30.8 Å². The first kappa shape index (κ1) is 48.3. The number of carbonyl (C=O) groups is 1. The van der Waals surface area contributed by atoms with E-state index in [0.29, 0.717) is 28.2 Å². The minimum Gasteiger partial charge on any atom is -0.497 e. The molecule has 3 N–H and O–H groups in total. The van der Waals surface area contributed by atoms with Gasteiger partial charge < -0.3 is 28.4 Å². The van der Waals surface area contributed by atoms with E-state index in [2.05, 4.69) is 25.1 Å². The van der Waals surface area contributed by atoms with Gasteiger partial charge in [-0.25, -0.2) is 19.2 Å². The van der Waals surface area contributed by atoms with Crippen molar-refractivity contribution in [1.82, 2.24) is 24.2 Å². The molecule has 2 aromatic heterocycles. The van der Waals surface area contributed by atoms with Crippen LogP contribution in [-0.4, -0.2) is 90.5 Å². The minimum atomic E-state index is -4.68. The third-order valence-corrected chi connectivity index (χ3v) is 13.0. The van der Waals surface area contributed by atoms with Gasteiger partial charge in [0.15, 0.2) is 0 Å². The van der Waals surface area contributed by atoms with Crippen LogP contribution in [0.2, 0.25) is 0 Å². The third kappa shape index (κ3) is 10.7. The normalized spacial score (nSPS) is 21.3. The summed E-state index contributed by atoms with van der Waals surface area (Å²) in [5.41, 5.74) is 7.82. The lowest BCUT2D eigenvalue weighted by atomic mass is 9.80. The fraction of sp³-hybridized carbons (Fsp3) is 0.386. The molecule has 0 radical (unpaired) electrons. The monoisotopic (exact) mass is 944 g/mol. The molecule has 2 aliphatic rings. The average molecular weight is 945 g/mol. The van der Waals surface area contributed by atoms with E-state index in [4.69, 9.17) is 37.5 Å². The number of aromatic amines is 2. The number of H-pyrrole nitrogens is 2. The van der Waals surface area contributed by atoms with Gasteiger partial charge in [-0.15, -0.1) is 0 Å². The zero-order valence-electron chi connectivity index (χ0n) is 37.1. The van der Waals surface area contributed by atoms with Crippen molar-refractivity contribution in [1.29, 1.82) is 0 Å². The molecule has 23 heteroatoms. The molecule has 0 bridgehead atoms. The number of aromatic nitrogens is 4. The van der Waals surface area contributed by atoms with Crippen molar-refractivity contribution in [2.75, 3.05) is 41.1 Å². The van der Waals surface area contributed by atoms with Gasteiger partial charge in [0.1, 0.15) is 48.3 Å². The molecule has 2 fully saturated rings. The first-order valence-electron chi connectivity index (χ1n) is 20.9. The lowest BCUT2D eigenvalue weighted by molar-refractivity contribution is -0.139. The van der Waals surface area contributed by atoms with Gasteiger partial charge in [0, 0.05) is 41.3 Å². The number of hydrogen-bond acceptors (Lipinski definition) is 15. The van der Waals surface area contributed by atoms with Gasteiger partial charge in [-0.05, 0) is 60.3 Å². The van der Waals surface area contributed by atoms with E-state index >= 15 is 0 Å². The number of aryl methyl sites for hydroxylation is 2. The van der Waals surface area contributed by atoms with Crippen LogP contribution in [0.25, 0.3) is 10.4 Å². The number of benzene rings is 3. The Balaban J connectivity index is 1.26. The van der Waals surface area contributed by atoms with Crippen molar-refractivity contribution in [3.8, 4) is 11.5 Å². The largest absolute Gasteiger partial charge is 0.497 e. The predicted molar refractivity (Wildman–Crippen MR) is 239 cm³/mol. The van der Waals surface area contributed by atoms with Crippen molar-refractivity contribution in [3.63, 3.8) is 0 Å². The van der Waals surface area contributed by atoms with E-state index in [1.54, 1.807) is 38.5 Å². The summed E-state index contributed by atoms with van der Waals surface area (Å²) in [5, 5.41) is 6.35. The molecule has 2 saturated heterocycles. The molecule has 5 aromatic rings. The van der Waals surface area contributed by atoms with Gasteiger partial charge in [-0.3, -0.25) is 42.5 Å². The first-order chi connectivity index (χ1) is 32.2. The second kappa shape index (κ2) is 20.9. The maximum atomic E-state index is 15.0. The maximum Gasteiger partial charge on any atom is 0.406 e.